The van der Waals surface area contributed by atoms with Gasteiger partial charge in [0.15, 0.2) is 0 Å². The summed E-state index contributed by atoms with van der Waals surface area (Å²) in [5.74, 6) is -1.15. The van der Waals surface area contributed by atoms with Crippen LogP contribution in [0.5, 0.6) is 0 Å². The van der Waals surface area contributed by atoms with Crippen LogP contribution in [0.25, 0.3) is 0 Å². The van der Waals surface area contributed by atoms with E-state index in [4.69, 9.17) is 4.74 Å². The first-order valence-corrected chi connectivity index (χ1v) is 7.72. The van der Waals surface area contributed by atoms with Crippen molar-refractivity contribution >= 4 is 11.9 Å². The fourth-order valence-electron chi connectivity index (χ4n) is 3.02. The summed E-state index contributed by atoms with van der Waals surface area (Å²) in [5.41, 5.74) is 0. The molecular weight excluding hydrogens is 258 g/mol. The molecule has 5 nitrogen and oxygen atoms in total. The van der Waals surface area contributed by atoms with E-state index in [2.05, 4.69) is 4.90 Å². The molecule has 5 heteroatoms. The molecule has 116 valence electrons. The minimum Gasteiger partial charge on any atom is -0.481 e. The van der Waals surface area contributed by atoms with E-state index in [9.17, 15) is 14.7 Å². The highest BCUT2D eigenvalue weighted by Crippen LogP contribution is 2.26. The van der Waals surface area contributed by atoms with E-state index in [1.54, 1.807) is 6.92 Å². The number of carbonyl (C=O) groups excluding carboxylic acids is 1. The molecule has 0 aromatic carbocycles. The van der Waals surface area contributed by atoms with Gasteiger partial charge in [-0.1, -0.05) is 13.3 Å². The van der Waals surface area contributed by atoms with Gasteiger partial charge in [-0.3, -0.25) is 14.5 Å². The van der Waals surface area contributed by atoms with Crippen LogP contribution in [0.3, 0.4) is 0 Å². The molecule has 0 aliphatic carbocycles. The SMILES string of the molecule is CCOC(=O)CCCN1CCCCC1C(CC)C(=O)O. The summed E-state index contributed by atoms with van der Waals surface area (Å²) in [6.45, 7) is 5.88. The number of hydrogen-bond donors (Lipinski definition) is 1. The predicted octanol–water partition coefficient (Wildman–Crippen LogP) is 2.29. The quantitative estimate of drug-likeness (QED) is 0.693. The first kappa shape index (κ1) is 17.0. The number of piperidine rings is 1. The Morgan fingerprint density at radius 3 is 2.70 bits per heavy atom. The van der Waals surface area contributed by atoms with Crippen molar-refractivity contribution in [3.63, 3.8) is 0 Å². The minimum atomic E-state index is -0.699. The molecule has 1 fully saturated rings. The Bertz CT molecular complexity index is 319. The van der Waals surface area contributed by atoms with Gasteiger partial charge in [0.2, 0.25) is 0 Å². The van der Waals surface area contributed by atoms with Crippen LogP contribution in [0.15, 0.2) is 0 Å². The highest BCUT2D eigenvalue weighted by Gasteiger charge is 2.32. The van der Waals surface area contributed by atoms with Crippen molar-refractivity contribution in [2.75, 3.05) is 19.7 Å². The van der Waals surface area contributed by atoms with Gasteiger partial charge < -0.3 is 9.84 Å². The molecule has 0 aromatic heterocycles. The van der Waals surface area contributed by atoms with E-state index in [-0.39, 0.29) is 17.9 Å². The molecule has 1 heterocycles. The number of ether oxygens (including phenoxy) is 1. The maximum Gasteiger partial charge on any atom is 0.308 e. The molecule has 0 saturated carbocycles. The van der Waals surface area contributed by atoms with Gasteiger partial charge in [0.1, 0.15) is 0 Å². The maximum absolute atomic E-state index is 11.3. The number of esters is 1. The van der Waals surface area contributed by atoms with Gasteiger partial charge in [0, 0.05) is 12.5 Å². The molecule has 20 heavy (non-hydrogen) atoms. The van der Waals surface area contributed by atoms with Gasteiger partial charge in [-0.2, -0.15) is 0 Å². The second-order valence-corrected chi connectivity index (χ2v) is 5.36. The van der Waals surface area contributed by atoms with Crippen LogP contribution in [0, 0.1) is 5.92 Å². The Morgan fingerprint density at radius 2 is 2.10 bits per heavy atom. The van der Waals surface area contributed by atoms with Gasteiger partial charge in [-0.15, -0.1) is 0 Å². The van der Waals surface area contributed by atoms with E-state index >= 15 is 0 Å². The summed E-state index contributed by atoms with van der Waals surface area (Å²) in [5, 5.41) is 9.33. The second-order valence-electron chi connectivity index (χ2n) is 5.36. The maximum atomic E-state index is 11.3. The lowest BCUT2D eigenvalue weighted by molar-refractivity contribution is -0.146. The molecule has 0 aromatic rings. The molecule has 1 N–H and O–H groups in total. The van der Waals surface area contributed by atoms with Crippen LogP contribution in [0.2, 0.25) is 0 Å². The Morgan fingerprint density at radius 1 is 1.35 bits per heavy atom. The van der Waals surface area contributed by atoms with Gasteiger partial charge in [-0.25, -0.2) is 0 Å². The molecule has 0 spiro atoms. The zero-order valence-electron chi connectivity index (χ0n) is 12.6. The van der Waals surface area contributed by atoms with Crippen LogP contribution in [-0.4, -0.2) is 47.7 Å². The summed E-state index contributed by atoms with van der Waals surface area (Å²) in [4.78, 5) is 24.9. The zero-order valence-corrected chi connectivity index (χ0v) is 12.6. The number of carbonyl (C=O) groups is 2. The van der Waals surface area contributed by atoms with Gasteiger partial charge in [0.05, 0.1) is 12.5 Å². The van der Waals surface area contributed by atoms with Crippen molar-refractivity contribution in [3.05, 3.63) is 0 Å². The first-order chi connectivity index (χ1) is 9.60. The van der Waals surface area contributed by atoms with E-state index in [1.807, 2.05) is 6.92 Å². The molecule has 1 rings (SSSR count). The lowest BCUT2D eigenvalue weighted by Crippen LogP contribution is -2.46. The first-order valence-electron chi connectivity index (χ1n) is 7.72. The highest BCUT2D eigenvalue weighted by molar-refractivity contribution is 5.71. The van der Waals surface area contributed by atoms with Crippen molar-refractivity contribution in [1.82, 2.24) is 4.90 Å². The highest BCUT2D eigenvalue weighted by atomic mass is 16.5. The third kappa shape index (κ3) is 5.12. The molecule has 2 unspecified atom stereocenters. The van der Waals surface area contributed by atoms with Crippen molar-refractivity contribution in [1.29, 1.82) is 0 Å². The van der Waals surface area contributed by atoms with Crippen LogP contribution >= 0.6 is 0 Å². The molecule has 2 atom stereocenters. The van der Waals surface area contributed by atoms with Crippen molar-refractivity contribution < 1.29 is 19.4 Å². The van der Waals surface area contributed by atoms with E-state index < -0.39 is 5.97 Å². The summed E-state index contributed by atoms with van der Waals surface area (Å²) < 4.78 is 4.91. The number of likely N-dealkylation sites (tertiary alicyclic amines) is 1. The molecule has 1 aliphatic rings. The molecular formula is C15H27NO4. The third-order valence-corrected chi connectivity index (χ3v) is 4.02. The van der Waals surface area contributed by atoms with Gasteiger partial charge in [0.25, 0.3) is 0 Å². The number of hydrogen-bond acceptors (Lipinski definition) is 4. The van der Waals surface area contributed by atoms with Crippen LogP contribution in [-0.2, 0) is 14.3 Å². The van der Waals surface area contributed by atoms with E-state index in [0.717, 1.165) is 38.8 Å². The Balaban J connectivity index is 2.47. The van der Waals surface area contributed by atoms with Gasteiger partial charge in [-0.05, 0) is 45.7 Å². The number of nitrogens with zero attached hydrogens (tertiary/aromatic N) is 1. The van der Waals surface area contributed by atoms with Gasteiger partial charge >= 0.3 is 11.9 Å². The number of aliphatic carboxylic acids is 1. The molecule has 1 aliphatic heterocycles. The van der Waals surface area contributed by atoms with E-state index in [0.29, 0.717) is 19.4 Å². The summed E-state index contributed by atoms with van der Waals surface area (Å²) in [7, 11) is 0. The van der Waals surface area contributed by atoms with Crippen molar-refractivity contribution in [2.24, 2.45) is 5.92 Å². The second kappa shape index (κ2) is 8.95. The Kier molecular flexibility index (Phi) is 7.59. The lowest BCUT2D eigenvalue weighted by atomic mass is 9.88. The smallest absolute Gasteiger partial charge is 0.308 e. The van der Waals surface area contributed by atoms with E-state index in [1.165, 1.54) is 0 Å². The summed E-state index contributed by atoms with van der Waals surface area (Å²) >= 11 is 0. The zero-order chi connectivity index (χ0) is 15.0. The number of rotatable bonds is 8. The standard InChI is InChI=1S/C15H27NO4/c1-3-12(15(18)19)13-8-5-6-10-16(13)11-7-9-14(17)20-4-2/h12-13H,3-11H2,1-2H3,(H,18,19). The molecule has 1 saturated heterocycles. The summed E-state index contributed by atoms with van der Waals surface area (Å²) in [6, 6.07) is 0.119. The average molecular weight is 285 g/mol. The summed E-state index contributed by atoms with van der Waals surface area (Å²) in [6.07, 6.45) is 4.99. The average Bonchev–Trinajstić information content (AvgIpc) is 2.41. The monoisotopic (exact) mass is 285 g/mol. The third-order valence-electron chi connectivity index (χ3n) is 4.02. The normalized spacial score (nSPS) is 21.4. The lowest BCUT2D eigenvalue weighted by Gasteiger charge is -2.38. The molecule has 0 bridgehead atoms. The molecule has 0 radical (unpaired) electrons. The van der Waals surface area contributed by atoms with Crippen molar-refractivity contribution in [2.45, 2.75) is 58.4 Å². The Hall–Kier alpha value is -1.10. The Labute approximate surface area is 121 Å². The number of carboxylic acids is 1. The largest absolute Gasteiger partial charge is 0.481 e. The topological polar surface area (TPSA) is 66.8 Å². The number of carboxylic acid groups (broad SMARTS) is 1. The van der Waals surface area contributed by atoms with Crippen LogP contribution < -0.4 is 0 Å². The van der Waals surface area contributed by atoms with Crippen LogP contribution in [0.1, 0.15) is 52.4 Å². The van der Waals surface area contributed by atoms with Crippen molar-refractivity contribution in [3.8, 4) is 0 Å². The fraction of sp³-hybridized carbons (Fsp3) is 0.867. The fourth-order valence-corrected chi connectivity index (χ4v) is 3.02. The predicted molar refractivity (Wildman–Crippen MR) is 76.5 cm³/mol. The van der Waals surface area contributed by atoms with Crippen LogP contribution in [0.4, 0.5) is 0 Å². The minimum absolute atomic E-state index is 0.119. The molecule has 0 amide bonds.